The number of hydrogen-bond donors (Lipinski definition) is 1. The zero-order valence-corrected chi connectivity index (χ0v) is 14.7. The van der Waals surface area contributed by atoms with Gasteiger partial charge in [0.25, 0.3) is 0 Å². The van der Waals surface area contributed by atoms with Gasteiger partial charge >= 0.3 is 0 Å². The number of halogens is 1. The van der Waals surface area contributed by atoms with Crippen LogP contribution in [0.3, 0.4) is 0 Å². The Hall–Kier alpha value is -2.32. The number of benzene rings is 1. The maximum Gasteiger partial charge on any atom is 0.236 e. The van der Waals surface area contributed by atoms with Crippen LogP contribution in [0.15, 0.2) is 41.9 Å². The molecule has 0 bridgehead atoms. The van der Waals surface area contributed by atoms with E-state index in [-0.39, 0.29) is 11.7 Å². The fraction of sp³-hybridized carbons (Fsp3) is 0.200. The molecule has 2 aromatic heterocycles. The van der Waals surface area contributed by atoms with Crippen LogP contribution in [0, 0.1) is 6.92 Å². The number of nitrogens with one attached hydrogen (secondary N) is 1. The van der Waals surface area contributed by atoms with Crippen LogP contribution in [0.25, 0.3) is 5.69 Å². The van der Waals surface area contributed by atoms with E-state index in [0.29, 0.717) is 16.0 Å². The molecule has 0 aliphatic rings. The molecule has 7 nitrogen and oxygen atoms in total. The summed E-state index contributed by atoms with van der Waals surface area (Å²) in [6, 6.07) is 7.44. The van der Waals surface area contributed by atoms with Crippen LogP contribution in [0.4, 0.5) is 5.82 Å². The van der Waals surface area contributed by atoms with Crippen LogP contribution in [0.1, 0.15) is 5.56 Å². The van der Waals surface area contributed by atoms with E-state index >= 15 is 0 Å². The van der Waals surface area contributed by atoms with E-state index in [1.54, 1.807) is 34.9 Å². The topological polar surface area (TPSA) is 77.6 Å². The van der Waals surface area contributed by atoms with E-state index in [9.17, 15) is 4.79 Å². The number of nitrogens with zero attached hydrogens (tertiary/aromatic N) is 5. The van der Waals surface area contributed by atoms with Gasteiger partial charge in [-0.15, -0.1) is 10.2 Å². The average Bonchev–Trinajstić information content (AvgIpc) is 3.17. The van der Waals surface area contributed by atoms with Crippen LogP contribution in [-0.4, -0.2) is 36.2 Å². The molecular formula is C15H15ClN6OS. The molecule has 0 atom stereocenters. The van der Waals surface area contributed by atoms with Gasteiger partial charge in [-0.25, -0.2) is 0 Å². The first-order valence-corrected chi connectivity index (χ1v) is 8.48. The second kappa shape index (κ2) is 7.06. The van der Waals surface area contributed by atoms with Crippen molar-refractivity contribution in [3.05, 3.63) is 47.4 Å². The Morgan fingerprint density at radius 1 is 1.38 bits per heavy atom. The van der Waals surface area contributed by atoms with E-state index < -0.39 is 0 Å². The fourth-order valence-electron chi connectivity index (χ4n) is 2.02. The van der Waals surface area contributed by atoms with Crippen LogP contribution in [-0.2, 0) is 11.8 Å². The van der Waals surface area contributed by atoms with Crippen molar-refractivity contribution in [2.75, 3.05) is 11.1 Å². The normalized spacial score (nSPS) is 10.8. The number of carbonyl (C=O) groups is 1. The van der Waals surface area contributed by atoms with E-state index in [4.69, 9.17) is 11.6 Å². The summed E-state index contributed by atoms with van der Waals surface area (Å²) in [5.41, 5.74) is 1.85. The quantitative estimate of drug-likeness (QED) is 0.706. The van der Waals surface area contributed by atoms with Gasteiger partial charge in [0.2, 0.25) is 5.91 Å². The lowest BCUT2D eigenvalue weighted by Gasteiger charge is -2.07. The van der Waals surface area contributed by atoms with Gasteiger partial charge in [-0.05, 0) is 24.6 Å². The van der Waals surface area contributed by atoms with E-state index in [1.165, 1.54) is 11.8 Å². The number of amides is 1. The fourth-order valence-corrected chi connectivity index (χ4v) is 2.93. The van der Waals surface area contributed by atoms with Crippen molar-refractivity contribution in [1.29, 1.82) is 0 Å². The number of anilines is 1. The lowest BCUT2D eigenvalue weighted by Crippen LogP contribution is -2.15. The molecule has 0 saturated heterocycles. The number of aryl methyl sites for hydroxylation is 2. The molecule has 0 aliphatic heterocycles. The molecule has 2 heterocycles. The monoisotopic (exact) mass is 362 g/mol. The first-order chi connectivity index (χ1) is 11.5. The number of carbonyl (C=O) groups excluding carboxylic acids is 1. The van der Waals surface area contributed by atoms with Gasteiger partial charge < -0.3 is 5.32 Å². The molecule has 3 rings (SSSR count). The first kappa shape index (κ1) is 16.5. The Bertz CT molecular complexity index is 874. The van der Waals surface area contributed by atoms with Crippen molar-refractivity contribution in [1.82, 2.24) is 24.5 Å². The van der Waals surface area contributed by atoms with Crippen LogP contribution >= 0.6 is 23.4 Å². The molecule has 1 aromatic carbocycles. The second-order valence-corrected chi connectivity index (χ2v) is 6.48. The van der Waals surface area contributed by atoms with Crippen molar-refractivity contribution < 1.29 is 4.79 Å². The Balaban J connectivity index is 1.67. The molecule has 0 fully saturated rings. The zero-order valence-electron chi connectivity index (χ0n) is 13.1. The minimum absolute atomic E-state index is 0.157. The van der Waals surface area contributed by atoms with E-state index in [1.807, 2.05) is 25.1 Å². The van der Waals surface area contributed by atoms with Gasteiger partial charge in [0.15, 0.2) is 11.0 Å². The molecule has 0 radical (unpaired) electrons. The predicted octanol–water partition coefficient (Wildman–Crippen LogP) is 2.69. The standard InChI is InChI=1S/C15H15ClN6OS/c1-10-3-4-11(7-12(10)16)22-9-17-19-15(22)24-8-14(23)18-13-5-6-21(2)20-13/h3-7,9H,8H2,1-2H3,(H,18,20,23). The van der Waals surface area contributed by atoms with Gasteiger partial charge in [-0.1, -0.05) is 29.4 Å². The van der Waals surface area contributed by atoms with Gasteiger partial charge in [-0.2, -0.15) is 5.10 Å². The highest BCUT2D eigenvalue weighted by atomic mass is 35.5. The van der Waals surface area contributed by atoms with Gasteiger partial charge in [0, 0.05) is 24.3 Å². The highest BCUT2D eigenvalue weighted by Crippen LogP contribution is 2.23. The van der Waals surface area contributed by atoms with Crippen molar-refractivity contribution in [2.45, 2.75) is 12.1 Å². The molecule has 0 saturated carbocycles. The van der Waals surface area contributed by atoms with Crippen LogP contribution in [0.2, 0.25) is 5.02 Å². The maximum atomic E-state index is 12.0. The number of rotatable bonds is 5. The molecule has 1 amide bonds. The summed E-state index contributed by atoms with van der Waals surface area (Å²) < 4.78 is 3.42. The van der Waals surface area contributed by atoms with Crippen LogP contribution < -0.4 is 5.32 Å². The van der Waals surface area contributed by atoms with Gasteiger partial charge in [0.05, 0.1) is 11.4 Å². The molecule has 9 heteroatoms. The van der Waals surface area contributed by atoms with Crippen molar-refractivity contribution in [3.63, 3.8) is 0 Å². The van der Waals surface area contributed by atoms with Crippen LogP contribution in [0.5, 0.6) is 0 Å². The summed E-state index contributed by atoms with van der Waals surface area (Å²) in [5.74, 6) is 0.569. The maximum absolute atomic E-state index is 12.0. The summed E-state index contributed by atoms with van der Waals surface area (Å²) in [4.78, 5) is 12.0. The Kier molecular flexibility index (Phi) is 4.86. The Labute approximate surface area is 148 Å². The smallest absolute Gasteiger partial charge is 0.236 e. The lowest BCUT2D eigenvalue weighted by molar-refractivity contribution is -0.113. The summed E-state index contributed by atoms with van der Waals surface area (Å²) in [7, 11) is 1.79. The summed E-state index contributed by atoms with van der Waals surface area (Å²) >= 11 is 7.46. The minimum atomic E-state index is -0.157. The average molecular weight is 363 g/mol. The predicted molar refractivity (Wildman–Crippen MR) is 93.7 cm³/mol. The zero-order chi connectivity index (χ0) is 17.1. The summed E-state index contributed by atoms with van der Waals surface area (Å²) in [6.07, 6.45) is 3.36. The summed E-state index contributed by atoms with van der Waals surface area (Å²) in [6.45, 7) is 1.94. The molecule has 1 N–H and O–H groups in total. The molecule has 0 spiro atoms. The highest BCUT2D eigenvalue weighted by molar-refractivity contribution is 7.99. The molecule has 24 heavy (non-hydrogen) atoms. The number of thioether (sulfide) groups is 1. The molecule has 124 valence electrons. The Morgan fingerprint density at radius 3 is 2.92 bits per heavy atom. The third-order valence-corrected chi connectivity index (χ3v) is 4.61. The lowest BCUT2D eigenvalue weighted by atomic mass is 10.2. The largest absolute Gasteiger partial charge is 0.308 e. The molecule has 0 aliphatic carbocycles. The summed E-state index contributed by atoms with van der Waals surface area (Å²) in [5, 5.41) is 16.1. The molecule has 3 aromatic rings. The second-order valence-electron chi connectivity index (χ2n) is 5.13. The molecule has 0 unspecified atom stereocenters. The Morgan fingerprint density at radius 2 is 2.21 bits per heavy atom. The third-order valence-electron chi connectivity index (χ3n) is 3.26. The van der Waals surface area contributed by atoms with Gasteiger partial charge in [0.1, 0.15) is 6.33 Å². The highest BCUT2D eigenvalue weighted by Gasteiger charge is 2.11. The van der Waals surface area contributed by atoms with Gasteiger partial charge in [-0.3, -0.25) is 14.0 Å². The molecular weight excluding hydrogens is 348 g/mol. The van der Waals surface area contributed by atoms with Crippen molar-refractivity contribution in [3.8, 4) is 5.69 Å². The number of aromatic nitrogens is 5. The first-order valence-electron chi connectivity index (χ1n) is 7.12. The third kappa shape index (κ3) is 3.77. The van der Waals surface area contributed by atoms with E-state index in [0.717, 1.165) is 11.3 Å². The number of hydrogen-bond acceptors (Lipinski definition) is 5. The SMILES string of the molecule is Cc1ccc(-n2cnnc2SCC(=O)Nc2ccn(C)n2)cc1Cl. The van der Waals surface area contributed by atoms with E-state index in [2.05, 4.69) is 20.6 Å². The van der Waals surface area contributed by atoms with Crippen molar-refractivity contribution in [2.24, 2.45) is 7.05 Å². The van der Waals surface area contributed by atoms with Crippen molar-refractivity contribution >= 4 is 35.1 Å². The minimum Gasteiger partial charge on any atom is -0.308 e.